The number of hydrogen-bond donors (Lipinski definition) is 1. The van der Waals surface area contributed by atoms with E-state index >= 15 is 0 Å². The maximum absolute atomic E-state index is 6.35. The fourth-order valence-corrected chi connectivity index (χ4v) is 2.65. The lowest BCUT2D eigenvalue weighted by atomic mass is 9.91. The molecular weight excluding hydrogens is 244 g/mol. The predicted octanol–water partition coefficient (Wildman–Crippen LogP) is 3.83. The molecule has 0 aliphatic heterocycles. The van der Waals surface area contributed by atoms with Gasteiger partial charge in [0.1, 0.15) is 0 Å². The number of halogens is 1. The van der Waals surface area contributed by atoms with Crippen LogP contribution in [0.15, 0.2) is 18.2 Å². The molecule has 0 spiro atoms. The largest absolute Gasteiger partial charge is 0.371 e. The number of anilines is 1. The van der Waals surface area contributed by atoms with Crippen LogP contribution in [-0.4, -0.2) is 19.6 Å². The van der Waals surface area contributed by atoms with E-state index in [-0.39, 0.29) is 0 Å². The minimum Gasteiger partial charge on any atom is -0.371 e. The lowest BCUT2D eigenvalue weighted by Crippen LogP contribution is -2.38. The van der Waals surface area contributed by atoms with Gasteiger partial charge in [0, 0.05) is 35.9 Å². The first-order valence-corrected chi connectivity index (χ1v) is 7.32. The molecule has 0 saturated heterocycles. The summed E-state index contributed by atoms with van der Waals surface area (Å²) in [5.74, 6) is 0. The van der Waals surface area contributed by atoms with Crippen LogP contribution in [0.2, 0.25) is 5.02 Å². The minimum absolute atomic E-state index is 0.702. The van der Waals surface area contributed by atoms with Crippen molar-refractivity contribution >= 4 is 17.3 Å². The van der Waals surface area contributed by atoms with E-state index in [0.717, 1.165) is 24.5 Å². The minimum atomic E-state index is 0.702. The number of benzene rings is 1. The Morgan fingerprint density at radius 1 is 1.39 bits per heavy atom. The highest BCUT2D eigenvalue weighted by Crippen LogP contribution is 2.33. The van der Waals surface area contributed by atoms with E-state index in [2.05, 4.69) is 36.3 Å². The van der Waals surface area contributed by atoms with Crippen LogP contribution in [0, 0.1) is 0 Å². The highest BCUT2D eigenvalue weighted by molar-refractivity contribution is 6.31. The molecule has 18 heavy (non-hydrogen) atoms. The average molecular weight is 267 g/mol. The van der Waals surface area contributed by atoms with Crippen molar-refractivity contribution in [2.45, 2.75) is 45.2 Å². The van der Waals surface area contributed by atoms with Gasteiger partial charge in [0.2, 0.25) is 0 Å². The Bertz CT molecular complexity index is 388. The molecule has 1 N–H and O–H groups in total. The van der Waals surface area contributed by atoms with Crippen molar-refractivity contribution in [3.05, 3.63) is 28.8 Å². The molecule has 0 amide bonds. The van der Waals surface area contributed by atoms with Crippen molar-refractivity contribution in [1.82, 2.24) is 5.32 Å². The molecular formula is C15H23ClN2. The summed E-state index contributed by atoms with van der Waals surface area (Å²) in [5.41, 5.74) is 2.53. The van der Waals surface area contributed by atoms with E-state index in [0.29, 0.717) is 6.04 Å². The summed E-state index contributed by atoms with van der Waals surface area (Å²) < 4.78 is 0. The molecule has 2 nitrogen and oxygen atoms in total. The Morgan fingerprint density at radius 3 is 2.78 bits per heavy atom. The lowest BCUT2D eigenvalue weighted by molar-refractivity contribution is 0.400. The fourth-order valence-electron chi connectivity index (χ4n) is 2.41. The van der Waals surface area contributed by atoms with Crippen molar-refractivity contribution in [3.8, 4) is 0 Å². The third-order valence-corrected chi connectivity index (χ3v) is 4.18. The quantitative estimate of drug-likeness (QED) is 0.788. The molecule has 1 aliphatic rings. The molecule has 0 heterocycles. The molecule has 0 aromatic heterocycles. The van der Waals surface area contributed by atoms with E-state index in [9.17, 15) is 0 Å². The molecule has 1 saturated carbocycles. The zero-order chi connectivity index (χ0) is 13.0. The molecule has 1 aromatic rings. The Morgan fingerprint density at radius 2 is 2.17 bits per heavy atom. The van der Waals surface area contributed by atoms with Crippen LogP contribution >= 0.6 is 11.6 Å². The van der Waals surface area contributed by atoms with E-state index in [1.54, 1.807) is 0 Å². The van der Waals surface area contributed by atoms with Crippen LogP contribution < -0.4 is 10.2 Å². The summed E-state index contributed by atoms with van der Waals surface area (Å²) in [6.07, 6.45) is 5.13. The van der Waals surface area contributed by atoms with Crippen molar-refractivity contribution in [1.29, 1.82) is 0 Å². The first-order chi connectivity index (χ1) is 8.74. The molecule has 1 aromatic carbocycles. The topological polar surface area (TPSA) is 15.3 Å². The third-order valence-electron chi connectivity index (χ3n) is 3.83. The molecule has 1 fully saturated rings. The third kappa shape index (κ3) is 2.99. The zero-order valence-electron chi connectivity index (χ0n) is 11.4. The van der Waals surface area contributed by atoms with Crippen LogP contribution in [0.5, 0.6) is 0 Å². The highest BCUT2D eigenvalue weighted by atomic mass is 35.5. The average Bonchev–Trinajstić information content (AvgIpc) is 2.29. The van der Waals surface area contributed by atoms with Gasteiger partial charge in [0.25, 0.3) is 0 Å². The van der Waals surface area contributed by atoms with Gasteiger partial charge in [-0.1, -0.05) is 24.6 Å². The van der Waals surface area contributed by atoms with Crippen LogP contribution in [0.25, 0.3) is 0 Å². The second-order valence-corrected chi connectivity index (χ2v) is 5.52. The smallest absolute Gasteiger partial charge is 0.0471 e. The normalized spacial score (nSPS) is 15.5. The van der Waals surface area contributed by atoms with E-state index in [1.165, 1.54) is 30.5 Å². The predicted molar refractivity (Wildman–Crippen MR) is 79.5 cm³/mol. The van der Waals surface area contributed by atoms with Crippen molar-refractivity contribution in [2.75, 3.05) is 18.5 Å². The van der Waals surface area contributed by atoms with E-state index in [1.807, 2.05) is 6.07 Å². The number of rotatable bonds is 6. The molecule has 100 valence electrons. The molecule has 3 heteroatoms. The van der Waals surface area contributed by atoms with Crippen LogP contribution in [0.1, 0.15) is 38.2 Å². The Balaban J connectivity index is 2.14. The van der Waals surface area contributed by atoms with Gasteiger partial charge in [-0.3, -0.25) is 0 Å². The van der Waals surface area contributed by atoms with Gasteiger partial charge < -0.3 is 10.2 Å². The Kier molecular flexibility index (Phi) is 4.90. The number of nitrogens with one attached hydrogen (secondary N) is 1. The second-order valence-electron chi connectivity index (χ2n) is 5.11. The summed E-state index contributed by atoms with van der Waals surface area (Å²) in [7, 11) is 2.19. The van der Waals surface area contributed by atoms with Gasteiger partial charge in [0.05, 0.1) is 0 Å². The summed E-state index contributed by atoms with van der Waals surface area (Å²) in [5, 5.41) is 4.33. The molecule has 0 bridgehead atoms. The van der Waals surface area contributed by atoms with E-state index in [4.69, 9.17) is 11.6 Å². The summed E-state index contributed by atoms with van der Waals surface area (Å²) in [6, 6.07) is 6.93. The van der Waals surface area contributed by atoms with Gasteiger partial charge in [-0.25, -0.2) is 0 Å². The summed E-state index contributed by atoms with van der Waals surface area (Å²) in [6.45, 7) is 4.08. The fraction of sp³-hybridized carbons (Fsp3) is 0.600. The van der Waals surface area contributed by atoms with Gasteiger partial charge in [-0.15, -0.1) is 0 Å². The molecule has 0 radical (unpaired) electrons. The molecule has 0 unspecified atom stereocenters. The standard InChI is InChI=1S/C15H23ClN2/c1-3-10-17-11-13-14(16)8-5-9-15(13)18(2)12-6-4-7-12/h5,8-9,12,17H,3-4,6-7,10-11H2,1-2H3. The van der Waals surface area contributed by atoms with Crippen LogP contribution in [-0.2, 0) is 6.54 Å². The van der Waals surface area contributed by atoms with Gasteiger partial charge in [0.15, 0.2) is 0 Å². The van der Waals surface area contributed by atoms with Crippen molar-refractivity contribution in [2.24, 2.45) is 0 Å². The molecule has 1 aliphatic carbocycles. The van der Waals surface area contributed by atoms with Gasteiger partial charge >= 0.3 is 0 Å². The zero-order valence-corrected chi connectivity index (χ0v) is 12.1. The monoisotopic (exact) mass is 266 g/mol. The van der Waals surface area contributed by atoms with Crippen LogP contribution in [0.4, 0.5) is 5.69 Å². The Hall–Kier alpha value is -0.730. The summed E-state index contributed by atoms with van der Waals surface area (Å²) in [4.78, 5) is 2.40. The van der Waals surface area contributed by atoms with Crippen molar-refractivity contribution in [3.63, 3.8) is 0 Å². The number of hydrogen-bond acceptors (Lipinski definition) is 2. The lowest BCUT2D eigenvalue weighted by Gasteiger charge is -2.37. The highest BCUT2D eigenvalue weighted by Gasteiger charge is 2.24. The Labute approximate surface area is 115 Å². The van der Waals surface area contributed by atoms with E-state index < -0.39 is 0 Å². The number of nitrogens with zero attached hydrogens (tertiary/aromatic N) is 1. The van der Waals surface area contributed by atoms with Gasteiger partial charge in [-0.05, 0) is 44.4 Å². The van der Waals surface area contributed by atoms with Crippen molar-refractivity contribution < 1.29 is 0 Å². The first-order valence-electron chi connectivity index (χ1n) is 6.95. The second kappa shape index (κ2) is 6.44. The van der Waals surface area contributed by atoms with Crippen LogP contribution in [0.3, 0.4) is 0 Å². The van der Waals surface area contributed by atoms with Gasteiger partial charge in [-0.2, -0.15) is 0 Å². The first kappa shape index (κ1) is 13.7. The maximum Gasteiger partial charge on any atom is 0.0471 e. The SMILES string of the molecule is CCCNCc1c(Cl)cccc1N(C)C1CCC1. The summed E-state index contributed by atoms with van der Waals surface area (Å²) >= 11 is 6.35. The molecule has 2 rings (SSSR count). The molecule has 0 atom stereocenters. The maximum atomic E-state index is 6.35.